The number of aliphatic hydroxyl groups excluding tert-OH is 1. The van der Waals surface area contributed by atoms with Gasteiger partial charge in [-0.2, -0.15) is 0 Å². The summed E-state index contributed by atoms with van der Waals surface area (Å²) in [5.41, 5.74) is 1.29. The minimum absolute atomic E-state index is 0.147. The van der Waals surface area contributed by atoms with Gasteiger partial charge in [0, 0.05) is 12.5 Å². The Hall–Kier alpha value is -2.14. The Morgan fingerprint density at radius 2 is 2.13 bits per heavy atom. The summed E-state index contributed by atoms with van der Waals surface area (Å²) in [5.74, 6) is 0.600. The summed E-state index contributed by atoms with van der Waals surface area (Å²) < 4.78 is 19.0. The average molecular weight is 315 g/mol. The second kappa shape index (κ2) is 5.49. The third kappa shape index (κ3) is 2.65. The highest BCUT2D eigenvalue weighted by Gasteiger charge is 2.39. The van der Waals surface area contributed by atoms with E-state index in [0.717, 1.165) is 18.6 Å². The van der Waals surface area contributed by atoms with Gasteiger partial charge in [0.25, 0.3) is 5.91 Å². The number of likely N-dealkylation sites (tertiary alicyclic amines) is 1. The molecular weight excluding hydrogens is 297 g/mol. The van der Waals surface area contributed by atoms with Gasteiger partial charge in [0.2, 0.25) is 0 Å². The Labute approximate surface area is 133 Å². The molecule has 0 unspecified atom stereocenters. The maximum Gasteiger partial charge on any atom is 0.258 e. The lowest BCUT2D eigenvalue weighted by atomic mass is 10.0. The van der Waals surface area contributed by atoms with Crippen LogP contribution in [0.15, 0.2) is 41.0 Å². The van der Waals surface area contributed by atoms with E-state index in [-0.39, 0.29) is 24.3 Å². The van der Waals surface area contributed by atoms with Crippen molar-refractivity contribution in [2.75, 3.05) is 6.54 Å². The lowest BCUT2D eigenvalue weighted by Gasteiger charge is -2.24. The van der Waals surface area contributed by atoms with Crippen molar-refractivity contribution in [3.05, 3.63) is 59.3 Å². The highest BCUT2D eigenvalue weighted by Crippen LogP contribution is 2.43. The van der Waals surface area contributed by atoms with Gasteiger partial charge >= 0.3 is 0 Å². The lowest BCUT2D eigenvalue weighted by molar-refractivity contribution is 0.0713. The third-order valence-electron chi connectivity index (χ3n) is 4.65. The number of carbonyl (C=O) groups is 1. The molecule has 2 fully saturated rings. The van der Waals surface area contributed by atoms with Crippen LogP contribution < -0.4 is 0 Å². The zero-order valence-corrected chi connectivity index (χ0v) is 12.6. The number of hydrogen-bond acceptors (Lipinski definition) is 3. The maximum atomic E-state index is 13.5. The van der Waals surface area contributed by atoms with Crippen LogP contribution in [-0.4, -0.2) is 28.6 Å². The quantitative estimate of drug-likeness (QED) is 0.946. The fraction of sp³-hybridized carbons (Fsp3) is 0.389. The highest BCUT2D eigenvalue weighted by molar-refractivity contribution is 5.96. The van der Waals surface area contributed by atoms with Crippen molar-refractivity contribution >= 4 is 5.91 Å². The van der Waals surface area contributed by atoms with E-state index in [4.69, 9.17) is 4.42 Å². The smallest absolute Gasteiger partial charge is 0.258 e. The molecule has 2 aromatic rings. The summed E-state index contributed by atoms with van der Waals surface area (Å²) in [6.07, 6.45) is 3.47. The fourth-order valence-electron chi connectivity index (χ4n) is 3.38. The predicted octanol–water partition coefficient (Wildman–Crippen LogP) is 3.24. The van der Waals surface area contributed by atoms with E-state index < -0.39 is 6.10 Å². The maximum absolute atomic E-state index is 13.5. The highest BCUT2D eigenvalue weighted by atomic mass is 19.1. The molecular formula is C18H18FNO3. The van der Waals surface area contributed by atoms with Crippen LogP contribution in [0, 0.1) is 5.82 Å². The Morgan fingerprint density at radius 1 is 1.30 bits per heavy atom. The third-order valence-corrected chi connectivity index (χ3v) is 4.65. The van der Waals surface area contributed by atoms with Crippen LogP contribution in [0.4, 0.5) is 4.39 Å². The topological polar surface area (TPSA) is 53.7 Å². The van der Waals surface area contributed by atoms with Crippen molar-refractivity contribution < 1.29 is 18.7 Å². The van der Waals surface area contributed by atoms with E-state index in [2.05, 4.69) is 0 Å². The molecule has 1 aliphatic heterocycles. The van der Waals surface area contributed by atoms with Crippen LogP contribution in [0.5, 0.6) is 0 Å². The molecule has 1 aromatic heterocycles. The molecule has 2 aliphatic rings. The number of rotatable bonds is 3. The molecule has 5 heteroatoms. The monoisotopic (exact) mass is 315 g/mol. The van der Waals surface area contributed by atoms with Gasteiger partial charge in [0.15, 0.2) is 0 Å². The number of hydrogen-bond donors (Lipinski definition) is 1. The minimum atomic E-state index is -0.594. The molecule has 1 saturated carbocycles. The first-order chi connectivity index (χ1) is 11.1. The molecule has 0 bridgehead atoms. The molecule has 2 heterocycles. The van der Waals surface area contributed by atoms with Crippen LogP contribution >= 0.6 is 0 Å². The number of furan rings is 1. The van der Waals surface area contributed by atoms with Gasteiger partial charge in [0.05, 0.1) is 24.0 Å². The number of carbonyl (C=O) groups excluding carboxylic acids is 1. The molecule has 120 valence electrons. The lowest BCUT2D eigenvalue weighted by Crippen LogP contribution is -2.32. The van der Waals surface area contributed by atoms with Crippen molar-refractivity contribution in [2.45, 2.75) is 37.3 Å². The second-order valence-electron chi connectivity index (χ2n) is 6.39. The van der Waals surface area contributed by atoms with E-state index in [0.29, 0.717) is 23.5 Å². The predicted molar refractivity (Wildman–Crippen MR) is 81.5 cm³/mol. The molecule has 4 rings (SSSR count). The fourth-order valence-corrected chi connectivity index (χ4v) is 3.38. The van der Waals surface area contributed by atoms with Crippen molar-refractivity contribution in [3.63, 3.8) is 0 Å². The van der Waals surface area contributed by atoms with E-state index >= 15 is 0 Å². The first-order valence-electron chi connectivity index (χ1n) is 7.95. The van der Waals surface area contributed by atoms with Crippen LogP contribution in [-0.2, 0) is 0 Å². The summed E-state index contributed by atoms with van der Waals surface area (Å²) in [7, 11) is 0. The largest absolute Gasteiger partial charge is 0.468 e. The van der Waals surface area contributed by atoms with E-state index in [9.17, 15) is 14.3 Å². The molecule has 23 heavy (non-hydrogen) atoms. The SMILES string of the molecule is O=C(c1ccoc1C1CC1)N1C[C@H](O)C[C@H]1c1cccc(F)c1. The molecule has 0 spiro atoms. The van der Waals surface area contributed by atoms with Crippen molar-refractivity contribution in [1.82, 2.24) is 4.90 Å². The summed E-state index contributed by atoms with van der Waals surface area (Å²) in [5, 5.41) is 10.0. The van der Waals surface area contributed by atoms with Crippen molar-refractivity contribution in [1.29, 1.82) is 0 Å². The van der Waals surface area contributed by atoms with Gasteiger partial charge in [-0.15, -0.1) is 0 Å². The molecule has 0 radical (unpaired) electrons. The molecule has 1 aromatic carbocycles. The summed E-state index contributed by atoms with van der Waals surface area (Å²) >= 11 is 0. The zero-order valence-electron chi connectivity index (χ0n) is 12.6. The average Bonchev–Trinajstić information content (AvgIpc) is 3.12. The molecule has 4 nitrogen and oxygen atoms in total. The first-order valence-corrected chi connectivity index (χ1v) is 7.95. The molecule has 1 saturated heterocycles. The normalized spacial score (nSPS) is 24.2. The number of aliphatic hydroxyl groups is 1. The number of amides is 1. The number of nitrogens with zero attached hydrogens (tertiary/aromatic N) is 1. The number of halogens is 1. The molecule has 1 N–H and O–H groups in total. The summed E-state index contributed by atoms with van der Waals surface area (Å²) in [6.45, 7) is 0.259. The Bertz CT molecular complexity index is 737. The Kier molecular flexibility index (Phi) is 3.45. The van der Waals surface area contributed by atoms with Crippen LogP contribution in [0.25, 0.3) is 0 Å². The Morgan fingerprint density at radius 3 is 2.87 bits per heavy atom. The number of benzene rings is 1. The first kappa shape index (κ1) is 14.5. The van der Waals surface area contributed by atoms with Crippen molar-refractivity contribution in [3.8, 4) is 0 Å². The van der Waals surface area contributed by atoms with Gasteiger partial charge < -0.3 is 14.4 Å². The van der Waals surface area contributed by atoms with Gasteiger partial charge in [-0.3, -0.25) is 4.79 Å². The van der Waals surface area contributed by atoms with E-state index in [1.165, 1.54) is 12.1 Å². The minimum Gasteiger partial charge on any atom is -0.468 e. The molecule has 2 atom stereocenters. The van der Waals surface area contributed by atoms with Gasteiger partial charge in [-0.05, 0) is 43.0 Å². The molecule has 1 amide bonds. The van der Waals surface area contributed by atoms with Gasteiger partial charge in [-0.25, -0.2) is 4.39 Å². The van der Waals surface area contributed by atoms with Crippen LogP contribution in [0.2, 0.25) is 0 Å². The summed E-state index contributed by atoms with van der Waals surface area (Å²) in [4.78, 5) is 14.6. The second-order valence-corrected chi connectivity index (χ2v) is 6.39. The Balaban J connectivity index is 1.65. The zero-order chi connectivity index (χ0) is 16.0. The van der Waals surface area contributed by atoms with Gasteiger partial charge in [-0.1, -0.05) is 12.1 Å². The van der Waals surface area contributed by atoms with Crippen LogP contribution in [0.1, 0.15) is 52.9 Å². The van der Waals surface area contributed by atoms with Crippen LogP contribution in [0.3, 0.4) is 0 Å². The van der Waals surface area contributed by atoms with Crippen molar-refractivity contribution in [2.24, 2.45) is 0 Å². The van der Waals surface area contributed by atoms with E-state index in [1.807, 2.05) is 0 Å². The van der Waals surface area contributed by atoms with E-state index in [1.54, 1.807) is 29.4 Å². The standard InChI is InChI=1S/C18H18FNO3/c19-13-3-1-2-12(8-13)16-9-14(21)10-20(16)18(22)15-6-7-23-17(15)11-4-5-11/h1-3,6-8,11,14,16,21H,4-5,9-10H2/t14-,16+/m1/s1. The van der Waals surface area contributed by atoms with Gasteiger partial charge in [0.1, 0.15) is 11.6 Å². The molecule has 1 aliphatic carbocycles. The number of β-amino-alcohol motifs (C(OH)–C–C–N with tert-alkyl or cyclic N) is 1. The summed E-state index contributed by atoms with van der Waals surface area (Å²) in [6, 6.07) is 7.62.